The van der Waals surface area contributed by atoms with Crippen LogP contribution in [0.25, 0.3) is 0 Å². The average molecular weight is 241 g/mol. The molecule has 0 aromatic heterocycles. The topological polar surface area (TPSA) is 29.1 Å². The maximum Gasteiger partial charge on any atom is 0.315 e. The lowest BCUT2D eigenvalue weighted by Gasteiger charge is -2.26. The minimum absolute atomic E-state index is 0.621. The first kappa shape index (κ1) is 13.6. The third-order valence-electron chi connectivity index (χ3n) is 2.54. The van der Waals surface area contributed by atoms with Crippen LogP contribution in [0.4, 0.5) is 8.78 Å². The van der Waals surface area contributed by atoms with Gasteiger partial charge in [-0.15, -0.1) is 0 Å². The summed E-state index contributed by atoms with van der Waals surface area (Å²) < 4.78 is 24.2. The van der Waals surface area contributed by atoms with E-state index in [9.17, 15) is 13.6 Å². The molecule has 0 bridgehead atoms. The molecule has 94 valence electrons. The lowest BCUT2D eigenvalue weighted by atomic mass is 9.95. The van der Waals surface area contributed by atoms with Gasteiger partial charge in [-0.1, -0.05) is 30.3 Å². The summed E-state index contributed by atoms with van der Waals surface area (Å²) in [6, 6.07) is 9.74. The van der Waals surface area contributed by atoms with Crippen LogP contribution in [0.15, 0.2) is 30.3 Å². The Labute approximate surface area is 100 Å². The summed E-state index contributed by atoms with van der Waals surface area (Å²) >= 11 is 0. The van der Waals surface area contributed by atoms with Gasteiger partial charge in [-0.2, -0.15) is 8.78 Å². The molecule has 0 saturated carbocycles. The van der Waals surface area contributed by atoms with Crippen molar-refractivity contribution >= 4 is 5.91 Å². The predicted octanol–water partition coefficient (Wildman–Crippen LogP) is 2.78. The van der Waals surface area contributed by atoms with E-state index in [1.54, 1.807) is 13.8 Å². The molecular weight excluding hydrogens is 224 g/mol. The van der Waals surface area contributed by atoms with Crippen LogP contribution < -0.4 is 5.32 Å². The van der Waals surface area contributed by atoms with Crippen LogP contribution in [0.3, 0.4) is 0 Å². The van der Waals surface area contributed by atoms with E-state index in [-0.39, 0.29) is 0 Å². The van der Waals surface area contributed by atoms with Crippen LogP contribution >= 0.6 is 0 Å². The Kier molecular flexibility index (Phi) is 4.61. The van der Waals surface area contributed by atoms with E-state index < -0.39 is 17.9 Å². The minimum atomic E-state index is -2.95. The number of rotatable bonds is 5. The number of halogens is 2. The summed E-state index contributed by atoms with van der Waals surface area (Å²) in [5.41, 5.74) is 0.510. The third kappa shape index (κ3) is 4.93. The number of benzene rings is 1. The van der Waals surface area contributed by atoms with E-state index in [1.165, 1.54) is 0 Å². The molecule has 0 spiro atoms. The Bertz CT molecular complexity index is 363. The largest absolute Gasteiger partial charge is 0.346 e. The molecule has 0 aliphatic heterocycles. The summed E-state index contributed by atoms with van der Waals surface area (Å²) in [5.74, 6) is -1.21. The summed E-state index contributed by atoms with van der Waals surface area (Å²) in [6.07, 6.45) is -1.58. The Morgan fingerprint density at radius 3 is 2.41 bits per heavy atom. The van der Waals surface area contributed by atoms with Crippen molar-refractivity contribution < 1.29 is 13.6 Å². The van der Waals surface area contributed by atoms with Gasteiger partial charge in [-0.25, -0.2) is 0 Å². The molecule has 2 nitrogen and oxygen atoms in total. The highest BCUT2D eigenvalue weighted by Crippen LogP contribution is 2.14. The molecule has 1 rings (SSSR count). The third-order valence-corrected chi connectivity index (χ3v) is 2.54. The van der Waals surface area contributed by atoms with Gasteiger partial charge >= 0.3 is 6.43 Å². The second-order valence-corrected chi connectivity index (χ2v) is 4.66. The van der Waals surface area contributed by atoms with Crippen LogP contribution in [-0.2, 0) is 11.2 Å². The number of carbonyl (C=O) groups is 1. The number of amides is 1. The van der Waals surface area contributed by atoms with E-state index >= 15 is 0 Å². The molecule has 17 heavy (non-hydrogen) atoms. The van der Waals surface area contributed by atoms with E-state index in [2.05, 4.69) is 5.32 Å². The minimum Gasteiger partial charge on any atom is -0.346 e. The number of carbonyl (C=O) groups excluding carboxylic acids is 1. The van der Waals surface area contributed by atoms with E-state index in [4.69, 9.17) is 0 Å². The van der Waals surface area contributed by atoms with Gasteiger partial charge in [0.1, 0.15) is 0 Å². The Hall–Kier alpha value is -1.45. The van der Waals surface area contributed by atoms with E-state index in [0.717, 1.165) is 12.0 Å². The molecule has 0 aliphatic carbocycles. The number of alkyl halides is 2. The maximum absolute atomic E-state index is 12.1. The molecule has 1 N–H and O–H groups in total. The zero-order valence-electron chi connectivity index (χ0n) is 10.0. The van der Waals surface area contributed by atoms with Crippen molar-refractivity contribution in [2.75, 3.05) is 0 Å². The van der Waals surface area contributed by atoms with Crippen molar-refractivity contribution in [3.8, 4) is 0 Å². The number of hydrogen-bond acceptors (Lipinski definition) is 1. The zero-order chi connectivity index (χ0) is 12.9. The lowest BCUT2D eigenvalue weighted by Crippen LogP contribution is -2.46. The van der Waals surface area contributed by atoms with Gasteiger partial charge in [0.15, 0.2) is 0 Å². The molecule has 4 heteroatoms. The first-order chi connectivity index (χ1) is 7.91. The Morgan fingerprint density at radius 2 is 1.88 bits per heavy atom. The van der Waals surface area contributed by atoms with Crippen LogP contribution in [0.1, 0.15) is 25.8 Å². The summed E-state index contributed by atoms with van der Waals surface area (Å²) in [7, 11) is 0. The first-order valence-corrected chi connectivity index (χ1v) is 5.55. The Morgan fingerprint density at radius 1 is 1.29 bits per heavy atom. The van der Waals surface area contributed by atoms with Crippen molar-refractivity contribution in [1.29, 1.82) is 0 Å². The Balaban J connectivity index is 2.47. The molecule has 1 aromatic rings. The average Bonchev–Trinajstić information content (AvgIpc) is 2.27. The highest BCUT2D eigenvalue weighted by atomic mass is 19.3. The number of nitrogens with one attached hydrogen (secondary N) is 1. The van der Waals surface area contributed by atoms with Crippen LogP contribution in [-0.4, -0.2) is 17.9 Å². The molecule has 0 fully saturated rings. The van der Waals surface area contributed by atoms with Crippen molar-refractivity contribution in [2.45, 2.75) is 38.7 Å². The first-order valence-electron chi connectivity index (χ1n) is 5.55. The van der Waals surface area contributed by atoms with Crippen LogP contribution in [0.5, 0.6) is 0 Å². The molecule has 0 radical (unpaired) electrons. The van der Waals surface area contributed by atoms with Gasteiger partial charge in [0, 0.05) is 5.54 Å². The SMILES string of the molecule is CC(C)(CCc1ccccc1)NC(=O)C(F)F. The fraction of sp³-hybridized carbons (Fsp3) is 0.462. The number of aryl methyl sites for hydroxylation is 1. The quantitative estimate of drug-likeness (QED) is 0.843. The van der Waals surface area contributed by atoms with Crippen molar-refractivity contribution in [1.82, 2.24) is 5.32 Å². The molecule has 0 saturated heterocycles. The van der Waals surface area contributed by atoms with Crippen LogP contribution in [0.2, 0.25) is 0 Å². The highest BCUT2D eigenvalue weighted by molar-refractivity contribution is 5.79. The molecule has 0 atom stereocenters. The second-order valence-electron chi connectivity index (χ2n) is 4.66. The molecule has 0 unspecified atom stereocenters. The molecule has 0 heterocycles. The normalized spacial score (nSPS) is 11.6. The van der Waals surface area contributed by atoms with Gasteiger partial charge < -0.3 is 5.32 Å². The van der Waals surface area contributed by atoms with Gasteiger partial charge in [-0.3, -0.25) is 4.79 Å². The second kappa shape index (κ2) is 5.75. The molecule has 1 amide bonds. The van der Waals surface area contributed by atoms with Gasteiger partial charge in [-0.05, 0) is 32.3 Å². The smallest absolute Gasteiger partial charge is 0.315 e. The lowest BCUT2D eigenvalue weighted by molar-refractivity contribution is -0.133. The number of hydrogen-bond donors (Lipinski definition) is 1. The molecule has 1 aromatic carbocycles. The van der Waals surface area contributed by atoms with Crippen molar-refractivity contribution in [3.05, 3.63) is 35.9 Å². The van der Waals surface area contributed by atoms with Crippen LogP contribution in [0, 0.1) is 0 Å². The standard InChI is InChI=1S/C13H17F2NO/c1-13(2,16-12(17)11(14)15)9-8-10-6-4-3-5-7-10/h3-7,11H,8-9H2,1-2H3,(H,16,17). The summed E-state index contributed by atoms with van der Waals surface area (Å²) in [6.45, 7) is 3.49. The predicted molar refractivity (Wildman–Crippen MR) is 63.0 cm³/mol. The van der Waals surface area contributed by atoms with Crippen molar-refractivity contribution in [2.24, 2.45) is 0 Å². The van der Waals surface area contributed by atoms with E-state index in [0.29, 0.717) is 6.42 Å². The summed E-state index contributed by atoms with van der Waals surface area (Å²) in [5, 5.41) is 2.34. The van der Waals surface area contributed by atoms with Gasteiger partial charge in [0.2, 0.25) is 0 Å². The zero-order valence-corrected chi connectivity index (χ0v) is 10.0. The van der Waals surface area contributed by atoms with Gasteiger partial charge in [0.05, 0.1) is 0 Å². The highest BCUT2D eigenvalue weighted by Gasteiger charge is 2.24. The van der Waals surface area contributed by atoms with Crippen molar-refractivity contribution in [3.63, 3.8) is 0 Å². The van der Waals surface area contributed by atoms with E-state index in [1.807, 2.05) is 30.3 Å². The fourth-order valence-corrected chi connectivity index (χ4v) is 1.55. The summed E-state index contributed by atoms with van der Waals surface area (Å²) in [4.78, 5) is 10.9. The molecule has 0 aliphatic rings. The fourth-order valence-electron chi connectivity index (χ4n) is 1.55. The van der Waals surface area contributed by atoms with Gasteiger partial charge in [0.25, 0.3) is 5.91 Å². The maximum atomic E-state index is 12.1. The monoisotopic (exact) mass is 241 g/mol. The molecular formula is C13H17F2NO.